The number of thiol groups is 1. The highest BCUT2D eigenvalue weighted by atomic mass is 32.1. The normalized spacial score (nSPS) is 15.0. The summed E-state index contributed by atoms with van der Waals surface area (Å²) in [6.07, 6.45) is -2.20. The van der Waals surface area contributed by atoms with E-state index in [2.05, 4.69) is 12.6 Å². The van der Waals surface area contributed by atoms with E-state index in [1.807, 2.05) is 0 Å². The summed E-state index contributed by atoms with van der Waals surface area (Å²) >= 11 is 3.84. The van der Waals surface area contributed by atoms with Crippen molar-refractivity contribution in [2.24, 2.45) is 0 Å². The smallest absolute Gasteiger partial charge is 0.123 e. The molecule has 84 valence electrons. The first kappa shape index (κ1) is 12.4. The van der Waals surface area contributed by atoms with Crippen molar-refractivity contribution in [3.05, 3.63) is 35.1 Å². The van der Waals surface area contributed by atoms with E-state index in [1.54, 1.807) is 0 Å². The zero-order chi connectivity index (χ0) is 11.4. The zero-order valence-corrected chi connectivity index (χ0v) is 8.86. The molecule has 1 aromatic carbocycles. The van der Waals surface area contributed by atoms with Crippen LogP contribution in [0.25, 0.3) is 0 Å². The molecule has 0 aromatic heterocycles. The lowest BCUT2D eigenvalue weighted by Crippen LogP contribution is -2.21. The fourth-order valence-electron chi connectivity index (χ4n) is 1.31. The maximum Gasteiger partial charge on any atom is 0.123 e. The fourth-order valence-corrected chi connectivity index (χ4v) is 1.51. The summed E-state index contributed by atoms with van der Waals surface area (Å²) in [6.45, 7) is -0.385. The maximum absolute atomic E-state index is 12.8. The molecular weight excluding hydrogens is 219 g/mol. The molecule has 0 fully saturated rings. The molecule has 2 atom stereocenters. The summed E-state index contributed by atoms with van der Waals surface area (Å²) in [5.74, 6) is -0.404. The molecule has 0 aliphatic heterocycles. The molecule has 0 spiro atoms. The van der Waals surface area contributed by atoms with Gasteiger partial charge < -0.3 is 15.3 Å². The minimum absolute atomic E-state index is 0.0867. The highest BCUT2D eigenvalue weighted by Crippen LogP contribution is 2.22. The lowest BCUT2D eigenvalue weighted by molar-refractivity contribution is 0.0324. The monoisotopic (exact) mass is 232 g/mol. The summed E-state index contributed by atoms with van der Waals surface area (Å²) in [5, 5.41) is 28.0. The van der Waals surface area contributed by atoms with Crippen molar-refractivity contribution in [1.29, 1.82) is 0 Å². The van der Waals surface area contributed by atoms with Gasteiger partial charge in [-0.2, -0.15) is 12.6 Å². The molecule has 5 heteroatoms. The Morgan fingerprint density at radius 1 is 1.33 bits per heavy atom. The molecular formula is C10H13FO3S. The van der Waals surface area contributed by atoms with Crippen molar-refractivity contribution in [3.8, 4) is 0 Å². The molecule has 0 heterocycles. The molecule has 2 unspecified atom stereocenters. The minimum Gasteiger partial charge on any atom is -0.392 e. The summed E-state index contributed by atoms with van der Waals surface area (Å²) in [6, 6.07) is 3.64. The predicted octanol–water partition coefficient (Wildman–Crippen LogP) is 0.642. The van der Waals surface area contributed by atoms with Crippen LogP contribution in [-0.2, 0) is 6.61 Å². The third-order valence-corrected chi connectivity index (χ3v) is 2.52. The van der Waals surface area contributed by atoms with Gasteiger partial charge in [0.25, 0.3) is 0 Å². The summed E-state index contributed by atoms with van der Waals surface area (Å²) < 4.78 is 12.8. The topological polar surface area (TPSA) is 60.7 Å². The number of hydrogen-bond acceptors (Lipinski definition) is 4. The second-order valence-corrected chi connectivity index (χ2v) is 3.56. The van der Waals surface area contributed by atoms with E-state index < -0.39 is 18.0 Å². The van der Waals surface area contributed by atoms with Crippen LogP contribution >= 0.6 is 12.6 Å². The number of rotatable bonds is 4. The fraction of sp³-hybridized carbons (Fsp3) is 0.400. The van der Waals surface area contributed by atoms with Gasteiger partial charge in [-0.05, 0) is 23.3 Å². The zero-order valence-electron chi connectivity index (χ0n) is 7.97. The first-order chi connectivity index (χ1) is 7.10. The largest absolute Gasteiger partial charge is 0.392 e. The third kappa shape index (κ3) is 2.92. The van der Waals surface area contributed by atoms with E-state index in [9.17, 15) is 14.6 Å². The Morgan fingerprint density at radius 2 is 2.00 bits per heavy atom. The highest BCUT2D eigenvalue weighted by molar-refractivity contribution is 7.80. The van der Waals surface area contributed by atoms with Crippen LogP contribution in [0, 0.1) is 5.82 Å². The lowest BCUT2D eigenvalue weighted by Gasteiger charge is -2.18. The van der Waals surface area contributed by atoms with Gasteiger partial charge in [0, 0.05) is 5.75 Å². The number of aliphatic hydroxyl groups excluding tert-OH is 3. The van der Waals surface area contributed by atoms with Crippen molar-refractivity contribution in [2.75, 3.05) is 5.75 Å². The average Bonchev–Trinajstić information content (AvgIpc) is 2.26. The SMILES string of the molecule is OCc1cc(F)ccc1C(O)C(O)CS. The van der Waals surface area contributed by atoms with Gasteiger partial charge >= 0.3 is 0 Å². The summed E-state index contributed by atoms with van der Waals surface area (Å²) in [5.41, 5.74) is 0.587. The van der Waals surface area contributed by atoms with Crippen LogP contribution in [0.5, 0.6) is 0 Å². The van der Waals surface area contributed by atoms with Gasteiger partial charge in [-0.3, -0.25) is 0 Å². The lowest BCUT2D eigenvalue weighted by atomic mass is 9.99. The molecule has 0 aliphatic carbocycles. The second-order valence-electron chi connectivity index (χ2n) is 3.20. The average molecular weight is 232 g/mol. The Kier molecular flexibility index (Phi) is 4.53. The van der Waals surface area contributed by atoms with Crippen LogP contribution in [0.1, 0.15) is 17.2 Å². The van der Waals surface area contributed by atoms with Crippen molar-refractivity contribution in [2.45, 2.75) is 18.8 Å². The molecule has 0 saturated heterocycles. The highest BCUT2D eigenvalue weighted by Gasteiger charge is 2.19. The van der Waals surface area contributed by atoms with Crippen molar-refractivity contribution in [3.63, 3.8) is 0 Å². The molecule has 3 nitrogen and oxygen atoms in total. The van der Waals surface area contributed by atoms with Crippen LogP contribution in [0.15, 0.2) is 18.2 Å². The number of halogens is 1. The van der Waals surface area contributed by atoms with Crippen LogP contribution in [0.2, 0.25) is 0 Å². The molecule has 0 saturated carbocycles. The van der Waals surface area contributed by atoms with Gasteiger partial charge in [-0.15, -0.1) is 0 Å². The Labute approximate surface area is 92.6 Å². The van der Waals surface area contributed by atoms with Crippen LogP contribution in [-0.4, -0.2) is 27.2 Å². The third-order valence-electron chi connectivity index (χ3n) is 2.15. The first-order valence-electron chi connectivity index (χ1n) is 4.46. The molecule has 1 rings (SSSR count). The van der Waals surface area contributed by atoms with Gasteiger partial charge in [-0.25, -0.2) is 4.39 Å². The Morgan fingerprint density at radius 3 is 2.53 bits per heavy atom. The quantitative estimate of drug-likeness (QED) is 0.576. The standard InChI is InChI=1S/C10H13FO3S/c11-7-1-2-8(6(3-7)4-12)10(14)9(13)5-15/h1-3,9-10,12-15H,4-5H2. The molecule has 3 N–H and O–H groups in total. The molecule has 0 aliphatic rings. The Balaban J connectivity index is 3.02. The van der Waals surface area contributed by atoms with E-state index in [1.165, 1.54) is 12.1 Å². The number of aliphatic hydroxyl groups is 3. The van der Waals surface area contributed by atoms with Crippen molar-refractivity contribution >= 4 is 12.6 Å². The summed E-state index contributed by atoms with van der Waals surface area (Å²) in [7, 11) is 0. The van der Waals surface area contributed by atoms with Crippen molar-refractivity contribution < 1.29 is 19.7 Å². The van der Waals surface area contributed by atoms with E-state index >= 15 is 0 Å². The molecule has 0 bridgehead atoms. The minimum atomic E-state index is -1.16. The number of benzene rings is 1. The Hall–Kier alpha value is -0.620. The number of hydrogen-bond donors (Lipinski definition) is 4. The first-order valence-corrected chi connectivity index (χ1v) is 5.09. The van der Waals surface area contributed by atoms with Gasteiger partial charge in [0.15, 0.2) is 0 Å². The summed E-state index contributed by atoms with van der Waals surface area (Å²) in [4.78, 5) is 0. The maximum atomic E-state index is 12.8. The molecule has 0 radical (unpaired) electrons. The molecule has 0 amide bonds. The van der Waals surface area contributed by atoms with Crippen LogP contribution in [0.3, 0.4) is 0 Å². The van der Waals surface area contributed by atoms with Gasteiger partial charge in [0.2, 0.25) is 0 Å². The van der Waals surface area contributed by atoms with E-state index in [4.69, 9.17) is 5.11 Å². The van der Waals surface area contributed by atoms with Gasteiger partial charge in [0.05, 0.1) is 12.7 Å². The van der Waals surface area contributed by atoms with E-state index in [0.717, 1.165) is 6.07 Å². The van der Waals surface area contributed by atoms with Crippen LogP contribution in [0.4, 0.5) is 4.39 Å². The Bertz CT molecular complexity index is 332. The van der Waals surface area contributed by atoms with Gasteiger partial charge in [0.1, 0.15) is 11.9 Å². The predicted molar refractivity (Wildman–Crippen MR) is 57.1 cm³/mol. The van der Waals surface area contributed by atoms with Gasteiger partial charge in [-0.1, -0.05) is 6.07 Å². The second kappa shape index (κ2) is 5.46. The molecule has 15 heavy (non-hydrogen) atoms. The van der Waals surface area contributed by atoms with E-state index in [0.29, 0.717) is 5.56 Å². The molecule has 1 aromatic rings. The van der Waals surface area contributed by atoms with E-state index in [-0.39, 0.29) is 17.9 Å². The van der Waals surface area contributed by atoms with Crippen molar-refractivity contribution in [1.82, 2.24) is 0 Å². The van der Waals surface area contributed by atoms with Crippen LogP contribution < -0.4 is 0 Å².